The third-order valence-electron chi connectivity index (χ3n) is 4.51. The lowest BCUT2D eigenvalue weighted by Crippen LogP contribution is -2.59. The highest BCUT2D eigenvalue weighted by Gasteiger charge is 2.31. The second kappa shape index (κ2) is 13.4. The van der Waals surface area contributed by atoms with Crippen LogP contribution in [0.4, 0.5) is 0 Å². The Labute approximate surface area is 195 Å². The molecule has 5 atom stereocenters. The largest absolute Gasteiger partial charge is 0.481 e. The van der Waals surface area contributed by atoms with Gasteiger partial charge >= 0.3 is 11.9 Å². The summed E-state index contributed by atoms with van der Waals surface area (Å²) >= 11 is 4.01. The van der Waals surface area contributed by atoms with E-state index in [4.69, 9.17) is 15.9 Å². The van der Waals surface area contributed by atoms with Gasteiger partial charge in [-0.15, -0.1) is 0 Å². The van der Waals surface area contributed by atoms with Crippen molar-refractivity contribution in [1.82, 2.24) is 16.0 Å². The first-order chi connectivity index (χ1) is 15.5. The fourth-order valence-electron chi connectivity index (χ4n) is 2.73. The van der Waals surface area contributed by atoms with E-state index >= 15 is 0 Å². The van der Waals surface area contributed by atoms with Crippen LogP contribution in [0.25, 0.3) is 0 Å². The van der Waals surface area contributed by atoms with Crippen LogP contribution in [-0.2, 0) is 30.4 Å². The third kappa shape index (κ3) is 9.47. The number of aliphatic carboxylic acids is 2. The molecule has 0 heterocycles. The number of carboxylic acid groups (broad SMARTS) is 2. The summed E-state index contributed by atoms with van der Waals surface area (Å²) in [7, 11) is 0. The minimum Gasteiger partial charge on any atom is -0.481 e. The number of hydrogen-bond acceptors (Lipinski definition) is 8. The van der Waals surface area contributed by atoms with Crippen LogP contribution in [0.15, 0.2) is 30.3 Å². The molecule has 12 nitrogen and oxygen atoms in total. The molecule has 0 aromatic heterocycles. The van der Waals surface area contributed by atoms with Crippen molar-refractivity contribution in [2.24, 2.45) is 5.73 Å². The van der Waals surface area contributed by atoms with Gasteiger partial charge in [-0.25, -0.2) is 4.79 Å². The molecule has 0 aliphatic heterocycles. The molecule has 182 valence electrons. The molecule has 3 amide bonds. The molecule has 1 rings (SSSR count). The number of nitrogens with two attached hydrogens (primary N) is 1. The Balaban J connectivity index is 2.99. The first-order valence-electron chi connectivity index (χ1n) is 9.90. The lowest BCUT2D eigenvalue weighted by Gasteiger charge is -2.25. The maximum Gasteiger partial charge on any atom is 0.328 e. The first kappa shape index (κ1) is 27.9. The van der Waals surface area contributed by atoms with Gasteiger partial charge in [-0.2, -0.15) is 12.6 Å². The van der Waals surface area contributed by atoms with E-state index < -0.39 is 66.4 Å². The zero-order valence-corrected chi connectivity index (χ0v) is 18.7. The van der Waals surface area contributed by atoms with Crippen molar-refractivity contribution < 1.29 is 39.3 Å². The topological polar surface area (TPSA) is 208 Å². The molecule has 0 spiro atoms. The van der Waals surface area contributed by atoms with Gasteiger partial charge in [0.05, 0.1) is 18.6 Å². The molecule has 1 aromatic carbocycles. The standard InChI is InChI=1S/C20H28N4O8S/c1-10(25)16(20(31)32)24-19(30)14(9-33)23-18(29)13(7-11-5-3-2-4-6-11)22-17(28)12(21)8-15(26)27/h2-6,10,12-14,16,25,33H,7-9,21H2,1H3,(H,22,28)(H,23,29)(H,24,30)(H,26,27)(H,31,32). The number of aliphatic hydroxyl groups excluding tert-OH is 1. The number of benzene rings is 1. The smallest absolute Gasteiger partial charge is 0.328 e. The van der Waals surface area contributed by atoms with Crippen LogP contribution in [0, 0.1) is 0 Å². The van der Waals surface area contributed by atoms with Gasteiger partial charge in [0.25, 0.3) is 0 Å². The maximum absolute atomic E-state index is 12.9. The normalized spacial score (nSPS) is 15.3. The summed E-state index contributed by atoms with van der Waals surface area (Å²) in [5.74, 6) is -5.55. The zero-order chi connectivity index (χ0) is 25.1. The molecule has 0 aliphatic rings. The Kier molecular flexibility index (Phi) is 11.3. The Morgan fingerprint density at radius 3 is 1.97 bits per heavy atom. The monoisotopic (exact) mass is 484 g/mol. The van der Waals surface area contributed by atoms with E-state index in [0.29, 0.717) is 5.56 Å². The number of aliphatic hydroxyl groups is 1. The fraction of sp³-hybridized carbons (Fsp3) is 0.450. The molecule has 33 heavy (non-hydrogen) atoms. The van der Waals surface area contributed by atoms with Crippen molar-refractivity contribution in [2.45, 2.75) is 50.0 Å². The summed E-state index contributed by atoms with van der Waals surface area (Å²) in [6, 6.07) is 3.07. The first-order valence-corrected chi connectivity index (χ1v) is 10.5. The van der Waals surface area contributed by atoms with E-state index in [2.05, 4.69) is 28.6 Å². The molecule has 0 saturated carbocycles. The Morgan fingerprint density at radius 2 is 1.48 bits per heavy atom. The van der Waals surface area contributed by atoms with Crippen LogP contribution in [0.1, 0.15) is 18.9 Å². The quantitative estimate of drug-likeness (QED) is 0.144. The lowest BCUT2D eigenvalue weighted by molar-refractivity contribution is -0.145. The molecule has 1 aromatic rings. The van der Waals surface area contributed by atoms with E-state index in [9.17, 15) is 29.1 Å². The Bertz CT molecular complexity index is 852. The number of hydrogen-bond donors (Lipinski definition) is 8. The number of thiol groups is 1. The predicted molar refractivity (Wildman–Crippen MR) is 119 cm³/mol. The van der Waals surface area contributed by atoms with Crippen LogP contribution in [-0.4, -0.2) is 81.0 Å². The Hall–Kier alpha value is -3.16. The Morgan fingerprint density at radius 1 is 0.939 bits per heavy atom. The number of carbonyl (C=O) groups excluding carboxylic acids is 3. The summed E-state index contributed by atoms with van der Waals surface area (Å²) in [4.78, 5) is 59.7. The molecule has 0 fully saturated rings. The number of nitrogens with one attached hydrogen (secondary N) is 3. The molecule has 0 radical (unpaired) electrons. The van der Waals surface area contributed by atoms with Crippen LogP contribution in [0.5, 0.6) is 0 Å². The molecule has 13 heteroatoms. The van der Waals surface area contributed by atoms with Crippen LogP contribution >= 0.6 is 12.6 Å². The van der Waals surface area contributed by atoms with Gasteiger partial charge in [0.1, 0.15) is 12.1 Å². The molecule has 0 bridgehead atoms. The summed E-state index contributed by atoms with van der Waals surface area (Å²) < 4.78 is 0. The maximum atomic E-state index is 12.9. The van der Waals surface area contributed by atoms with E-state index in [1.54, 1.807) is 30.3 Å². The summed E-state index contributed by atoms with van der Waals surface area (Å²) in [6.45, 7) is 1.18. The van der Waals surface area contributed by atoms with Crippen molar-refractivity contribution in [3.8, 4) is 0 Å². The highest BCUT2D eigenvalue weighted by molar-refractivity contribution is 7.80. The fourth-order valence-corrected chi connectivity index (χ4v) is 2.98. The summed E-state index contributed by atoms with van der Waals surface area (Å²) in [5, 5.41) is 34.3. The van der Waals surface area contributed by atoms with Crippen LogP contribution in [0.3, 0.4) is 0 Å². The van der Waals surface area contributed by atoms with E-state index in [-0.39, 0.29) is 12.2 Å². The SMILES string of the molecule is CC(O)C(NC(=O)C(CS)NC(=O)C(Cc1ccccc1)NC(=O)C(N)CC(=O)O)C(=O)O. The second-order valence-corrected chi connectivity index (χ2v) is 7.63. The average molecular weight is 485 g/mol. The number of amides is 3. The lowest BCUT2D eigenvalue weighted by atomic mass is 10.0. The molecule has 5 unspecified atom stereocenters. The van der Waals surface area contributed by atoms with Gasteiger partial charge in [0, 0.05) is 12.2 Å². The average Bonchev–Trinajstić information content (AvgIpc) is 2.74. The van der Waals surface area contributed by atoms with Gasteiger partial charge in [-0.3, -0.25) is 19.2 Å². The van der Waals surface area contributed by atoms with Crippen molar-refractivity contribution in [1.29, 1.82) is 0 Å². The summed E-state index contributed by atoms with van der Waals surface area (Å²) in [6.07, 6.45) is -2.04. The van der Waals surface area contributed by atoms with Gasteiger partial charge < -0.3 is 37.0 Å². The van der Waals surface area contributed by atoms with Gasteiger partial charge in [-0.1, -0.05) is 30.3 Å². The highest BCUT2D eigenvalue weighted by atomic mass is 32.1. The minimum atomic E-state index is -1.61. The number of rotatable bonds is 13. The summed E-state index contributed by atoms with van der Waals surface area (Å²) in [5.41, 5.74) is 6.23. The number of carboxylic acids is 2. The van der Waals surface area contributed by atoms with E-state index in [1.807, 2.05) is 0 Å². The van der Waals surface area contributed by atoms with Crippen LogP contribution in [0.2, 0.25) is 0 Å². The van der Waals surface area contributed by atoms with Gasteiger partial charge in [-0.05, 0) is 12.5 Å². The van der Waals surface area contributed by atoms with Crippen molar-refractivity contribution in [2.75, 3.05) is 5.75 Å². The molecule has 0 aliphatic carbocycles. The third-order valence-corrected chi connectivity index (χ3v) is 4.87. The zero-order valence-electron chi connectivity index (χ0n) is 17.8. The van der Waals surface area contributed by atoms with Gasteiger partial charge in [0.15, 0.2) is 6.04 Å². The van der Waals surface area contributed by atoms with Crippen molar-refractivity contribution in [3.63, 3.8) is 0 Å². The van der Waals surface area contributed by atoms with Crippen molar-refractivity contribution >= 4 is 42.3 Å². The second-order valence-electron chi connectivity index (χ2n) is 7.26. The van der Waals surface area contributed by atoms with Crippen molar-refractivity contribution in [3.05, 3.63) is 35.9 Å². The van der Waals surface area contributed by atoms with Gasteiger partial charge in [0.2, 0.25) is 17.7 Å². The van der Waals surface area contributed by atoms with E-state index in [1.165, 1.54) is 6.92 Å². The predicted octanol–water partition coefficient (Wildman–Crippen LogP) is -2.12. The number of carbonyl (C=O) groups is 5. The minimum absolute atomic E-state index is 0.00450. The molecule has 0 saturated heterocycles. The van der Waals surface area contributed by atoms with Crippen LogP contribution < -0.4 is 21.7 Å². The molecular weight excluding hydrogens is 456 g/mol. The molecule has 8 N–H and O–H groups in total. The molecular formula is C20H28N4O8S. The highest BCUT2D eigenvalue weighted by Crippen LogP contribution is 2.06. The van der Waals surface area contributed by atoms with E-state index in [0.717, 1.165) is 0 Å².